The van der Waals surface area contributed by atoms with Crippen molar-refractivity contribution in [2.75, 3.05) is 0 Å². The van der Waals surface area contributed by atoms with Crippen LogP contribution in [0.5, 0.6) is 5.75 Å². The zero-order valence-corrected chi connectivity index (χ0v) is 15.7. The molecule has 2 heteroatoms. The van der Waals surface area contributed by atoms with E-state index in [2.05, 4.69) is 65.8 Å². The van der Waals surface area contributed by atoms with Gasteiger partial charge in [0, 0.05) is 0 Å². The Kier molecular flexibility index (Phi) is 5.57. The van der Waals surface area contributed by atoms with E-state index in [0.29, 0.717) is 0 Å². The number of benzene rings is 1. The Morgan fingerprint density at radius 2 is 1.33 bits per heavy atom. The second-order valence-corrected chi connectivity index (χ2v) is 19.5. The van der Waals surface area contributed by atoms with Gasteiger partial charge in [0.1, 0.15) is 0 Å². The predicted molar refractivity (Wildman–Crippen MR) is 83.0 cm³/mol. The van der Waals surface area contributed by atoms with Crippen LogP contribution in [0.4, 0.5) is 0 Å². The maximum atomic E-state index is 6.43. The van der Waals surface area contributed by atoms with Crippen molar-refractivity contribution >= 4 is 18.8 Å². The monoisotopic (exact) mass is 356 g/mol. The van der Waals surface area contributed by atoms with Crippen molar-refractivity contribution in [1.29, 1.82) is 0 Å². The van der Waals surface area contributed by atoms with Crippen LogP contribution in [-0.4, -0.2) is 18.8 Å². The van der Waals surface area contributed by atoms with Gasteiger partial charge >= 0.3 is 118 Å². The van der Waals surface area contributed by atoms with E-state index in [4.69, 9.17) is 3.07 Å². The maximum absolute atomic E-state index is 6.43. The van der Waals surface area contributed by atoms with Gasteiger partial charge in [-0.3, -0.25) is 0 Å². The molecule has 0 aliphatic heterocycles. The summed E-state index contributed by atoms with van der Waals surface area (Å²) >= 11 is -2.30. The van der Waals surface area contributed by atoms with Gasteiger partial charge in [-0.25, -0.2) is 0 Å². The van der Waals surface area contributed by atoms with Gasteiger partial charge in [0.05, 0.1) is 0 Å². The minimum absolute atomic E-state index is 0.221. The molecule has 0 aromatic heterocycles. The third kappa shape index (κ3) is 3.91. The Morgan fingerprint density at radius 1 is 0.889 bits per heavy atom. The molecule has 0 atom stereocenters. The first-order valence-electron chi connectivity index (χ1n) is 7.16. The first kappa shape index (κ1) is 15.9. The van der Waals surface area contributed by atoms with Crippen LogP contribution in [0.15, 0.2) is 24.3 Å². The molecular formula is C16H28OSn. The molecule has 0 spiro atoms. The summed E-state index contributed by atoms with van der Waals surface area (Å²) in [5.74, 6) is 1.09. The van der Waals surface area contributed by atoms with Crippen LogP contribution >= 0.6 is 0 Å². The van der Waals surface area contributed by atoms with Crippen LogP contribution in [0.3, 0.4) is 0 Å². The molecule has 1 rings (SSSR count). The molecule has 0 bridgehead atoms. The van der Waals surface area contributed by atoms with E-state index >= 15 is 0 Å². The number of hydrogen-bond donors (Lipinski definition) is 0. The Labute approximate surface area is 117 Å². The molecule has 0 saturated heterocycles. The van der Waals surface area contributed by atoms with Crippen LogP contribution < -0.4 is 3.07 Å². The predicted octanol–water partition coefficient (Wildman–Crippen LogP) is 5.37. The molecule has 0 aliphatic rings. The fourth-order valence-electron chi connectivity index (χ4n) is 2.24. The average molecular weight is 355 g/mol. The molecule has 0 heterocycles. The summed E-state index contributed by atoms with van der Waals surface area (Å²) in [6.45, 7) is 13.6. The van der Waals surface area contributed by atoms with Gasteiger partial charge in [-0.2, -0.15) is 0 Å². The van der Waals surface area contributed by atoms with E-state index in [1.165, 1.54) is 18.9 Å². The van der Waals surface area contributed by atoms with Gasteiger partial charge in [0.15, 0.2) is 0 Å². The van der Waals surface area contributed by atoms with Gasteiger partial charge in [0.25, 0.3) is 0 Å². The molecule has 1 aromatic carbocycles. The molecule has 18 heavy (non-hydrogen) atoms. The molecule has 0 amide bonds. The van der Waals surface area contributed by atoms with Gasteiger partial charge < -0.3 is 0 Å². The summed E-state index contributed by atoms with van der Waals surface area (Å²) < 4.78 is 10.2. The molecular weight excluding hydrogens is 327 g/mol. The first-order valence-corrected chi connectivity index (χ1v) is 14.4. The summed E-state index contributed by atoms with van der Waals surface area (Å²) in [6, 6.07) is 8.75. The molecule has 0 unspecified atom stereocenters. The summed E-state index contributed by atoms with van der Waals surface area (Å²) in [5.41, 5.74) is 1.60. The van der Waals surface area contributed by atoms with Crippen molar-refractivity contribution in [2.45, 2.75) is 60.3 Å². The van der Waals surface area contributed by atoms with Crippen molar-refractivity contribution in [3.63, 3.8) is 0 Å². The zero-order valence-electron chi connectivity index (χ0n) is 12.8. The van der Waals surface area contributed by atoms with Crippen molar-refractivity contribution in [2.24, 2.45) is 0 Å². The second-order valence-electron chi connectivity index (χ2n) is 6.12. The van der Waals surface area contributed by atoms with E-state index in [-0.39, 0.29) is 5.41 Å². The third-order valence-corrected chi connectivity index (χ3v) is 16.9. The summed E-state index contributed by atoms with van der Waals surface area (Å²) in [5, 5.41) is 0. The van der Waals surface area contributed by atoms with E-state index in [0.717, 1.165) is 5.75 Å². The average Bonchev–Trinajstić information content (AvgIpc) is 2.36. The summed E-state index contributed by atoms with van der Waals surface area (Å²) in [6.07, 6.45) is 0. The summed E-state index contributed by atoms with van der Waals surface area (Å²) in [4.78, 5) is 0. The Bertz CT molecular complexity index is 349. The molecule has 1 aromatic rings. The fraction of sp³-hybridized carbons (Fsp3) is 0.625. The van der Waals surface area contributed by atoms with Gasteiger partial charge in [-0.1, -0.05) is 0 Å². The topological polar surface area (TPSA) is 9.23 Å². The fourth-order valence-corrected chi connectivity index (χ4v) is 9.57. The molecule has 0 saturated carbocycles. The number of hydrogen-bond acceptors (Lipinski definition) is 1. The van der Waals surface area contributed by atoms with Crippen LogP contribution in [0.2, 0.25) is 13.3 Å². The van der Waals surface area contributed by atoms with Gasteiger partial charge in [0.2, 0.25) is 0 Å². The van der Waals surface area contributed by atoms with Crippen molar-refractivity contribution in [3.8, 4) is 5.75 Å². The van der Waals surface area contributed by atoms with Crippen molar-refractivity contribution in [1.82, 2.24) is 0 Å². The van der Waals surface area contributed by atoms with E-state index in [9.17, 15) is 0 Å². The Balaban J connectivity index is 2.86. The van der Waals surface area contributed by atoms with E-state index < -0.39 is 18.8 Å². The van der Waals surface area contributed by atoms with Crippen LogP contribution in [-0.2, 0) is 5.41 Å². The first-order chi connectivity index (χ1) is 8.37. The SMILES string of the molecule is C[CH2][Sn]([CH2]C)([CH2]C)[O]c1ccc(C(C)(C)C)cc1. The number of rotatable bonds is 5. The van der Waals surface area contributed by atoms with Crippen LogP contribution in [0, 0.1) is 0 Å². The van der Waals surface area contributed by atoms with E-state index in [1.54, 1.807) is 0 Å². The molecule has 0 N–H and O–H groups in total. The Morgan fingerprint density at radius 3 is 1.67 bits per heavy atom. The zero-order chi connectivity index (χ0) is 13.8. The van der Waals surface area contributed by atoms with E-state index in [1.807, 2.05) is 0 Å². The van der Waals surface area contributed by atoms with Crippen molar-refractivity contribution < 1.29 is 3.07 Å². The second kappa shape index (κ2) is 6.31. The van der Waals surface area contributed by atoms with Crippen molar-refractivity contribution in [3.05, 3.63) is 29.8 Å². The normalized spacial score (nSPS) is 12.6. The van der Waals surface area contributed by atoms with Gasteiger partial charge in [-0.05, 0) is 0 Å². The molecule has 0 radical (unpaired) electrons. The molecule has 1 nitrogen and oxygen atoms in total. The molecule has 102 valence electrons. The van der Waals surface area contributed by atoms with Gasteiger partial charge in [-0.15, -0.1) is 0 Å². The third-order valence-electron chi connectivity index (χ3n) is 3.99. The van der Waals surface area contributed by atoms with Crippen LogP contribution in [0.1, 0.15) is 47.1 Å². The Hall–Kier alpha value is -0.181. The minimum atomic E-state index is -2.30. The summed E-state index contributed by atoms with van der Waals surface area (Å²) in [7, 11) is 0. The quantitative estimate of drug-likeness (QED) is 0.646. The van der Waals surface area contributed by atoms with Crippen LogP contribution in [0.25, 0.3) is 0 Å². The molecule has 0 fully saturated rings. The molecule has 0 aliphatic carbocycles. The standard InChI is InChI=1S/C10H14O.3C2H5.Sn/c1-10(2,3)8-4-6-9(11)7-5-8;3*1-2;/h4-7,11H,1-3H3;3*1H2,2H3;/q;;;;+1/p-1.